The number of nitrogens with two attached hydrogens (primary N) is 1. The van der Waals surface area contributed by atoms with Crippen molar-refractivity contribution in [2.24, 2.45) is 5.84 Å². The molecular weight excluding hydrogens is 200 g/mol. The van der Waals surface area contributed by atoms with Crippen LogP contribution in [0.5, 0.6) is 0 Å². The Balaban J connectivity index is 1.97. The molecule has 0 radical (unpaired) electrons. The first kappa shape index (κ1) is 11.1. The van der Waals surface area contributed by atoms with Gasteiger partial charge in [0.15, 0.2) is 0 Å². The number of furan rings is 1. The Bertz CT molecular complexity index is 262. The molecule has 0 aliphatic carbocycles. The van der Waals surface area contributed by atoms with E-state index in [1.54, 1.807) is 18.0 Å². The van der Waals surface area contributed by atoms with E-state index in [0.717, 1.165) is 23.7 Å². The maximum absolute atomic E-state index is 10.7. The van der Waals surface area contributed by atoms with E-state index in [0.29, 0.717) is 6.42 Å². The van der Waals surface area contributed by atoms with Gasteiger partial charge in [-0.05, 0) is 24.3 Å². The second-order valence-corrected chi connectivity index (χ2v) is 3.91. The van der Waals surface area contributed by atoms with E-state index in [2.05, 4.69) is 5.43 Å². The number of hydrogen-bond acceptors (Lipinski definition) is 4. The van der Waals surface area contributed by atoms with Crippen molar-refractivity contribution in [1.29, 1.82) is 0 Å². The molecule has 1 rings (SSSR count). The Morgan fingerprint density at radius 1 is 1.64 bits per heavy atom. The van der Waals surface area contributed by atoms with E-state index in [1.165, 1.54) is 0 Å². The number of hydrazine groups is 1. The maximum Gasteiger partial charge on any atom is 0.233 e. The average Bonchev–Trinajstić information content (AvgIpc) is 2.69. The minimum Gasteiger partial charge on any atom is -0.468 e. The van der Waals surface area contributed by atoms with Gasteiger partial charge in [0.25, 0.3) is 0 Å². The number of rotatable bonds is 6. The van der Waals surface area contributed by atoms with Gasteiger partial charge >= 0.3 is 0 Å². The molecule has 0 fully saturated rings. The number of carbonyl (C=O) groups excluding carboxylic acids is 1. The van der Waals surface area contributed by atoms with Crippen LogP contribution in [-0.2, 0) is 10.5 Å². The van der Waals surface area contributed by atoms with Crippen molar-refractivity contribution in [1.82, 2.24) is 5.43 Å². The van der Waals surface area contributed by atoms with Gasteiger partial charge in [0.05, 0.1) is 12.0 Å². The maximum atomic E-state index is 10.7. The van der Waals surface area contributed by atoms with Gasteiger partial charge < -0.3 is 4.42 Å². The zero-order valence-electron chi connectivity index (χ0n) is 7.86. The lowest BCUT2D eigenvalue weighted by atomic mass is 10.3. The third-order valence-electron chi connectivity index (χ3n) is 1.68. The van der Waals surface area contributed by atoms with Gasteiger partial charge in [0.2, 0.25) is 5.91 Å². The van der Waals surface area contributed by atoms with Crippen molar-refractivity contribution < 1.29 is 9.21 Å². The molecular formula is C9H14N2O2S. The van der Waals surface area contributed by atoms with Crippen LogP contribution in [0.4, 0.5) is 0 Å². The Hall–Kier alpha value is -0.940. The van der Waals surface area contributed by atoms with Crippen molar-refractivity contribution in [3.63, 3.8) is 0 Å². The highest BCUT2D eigenvalue weighted by Gasteiger charge is 1.99. The smallest absolute Gasteiger partial charge is 0.233 e. The van der Waals surface area contributed by atoms with Crippen LogP contribution in [0, 0.1) is 0 Å². The monoisotopic (exact) mass is 214 g/mol. The first-order valence-corrected chi connectivity index (χ1v) is 5.58. The Morgan fingerprint density at radius 3 is 3.14 bits per heavy atom. The molecule has 1 amide bonds. The molecule has 14 heavy (non-hydrogen) atoms. The normalized spacial score (nSPS) is 10.1. The summed E-state index contributed by atoms with van der Waals surface area (Å²) in [5.74, 6) is 7.60. The fraction of sp³-hybridized carbons (Fsp3) is 0.444. The Morgan fingerprint density at radius 2 is 2.50 bits per heavy atom. The van der Waals surface area contributed by atoms with Gasteiger partial charge in [0, 0.05) is 6.42 Å². The minimum absolute atomic E-state index is 0.108. The largest absolute Gasteiger partial charge is 0.468 e. The summed E-state index contributed by atoms with van der Waals surface area (Å²) in [7, 11) is 0. The molecule has 1 aromatic heterocycles. The lowest BCUT2D eigenvalue weighted by molar-refractivity contribution is -0.121. The van der Waals surface area contributed by atoms with Gasteiger partial charge in [-0.1, -0.05) is 0 Å². The van der Waals surface area contributed by atoms with Crippen molar-refractivity contribution in [2.45, 2.75) is 18.6 Å². The van der Waals surface area contributed by atoms with Gasteiger partial charge in [-0.15, -0.1) is 0 Å². The molecule has 1 heterocycles. The molecule has 0 saturated carbocycles. The van der Waals surface area contributed by atoms with E-state index >= 15 is 0 Å². The van der Waals surface area contributed by atoms with Crippen molar-refractivity contribution in [3.05, 3.63) is 24.2 Å². The number of carbonyl (C=O) groups is 1. The molecule has 0 aromatic carbocycles. The zero-order chi connectivity index (χ0) is 10.2. The molecule has 0 unspecified atom stereocenters. The highest BCUT2D eigenvalue weighted by atomic mass is 32.2. The lowest BCUT2D eigenvalue weighted by Gasteiger charge is -1.99. The zero-order valence-corrected chi connectivity index (χ0v) is 8.68. The topological polar surface area (TPSA) is 68.3 Å². The van der Waals surface area contributed by atoms with Gasteiger partial charge in [-0.3, -0.25) is 10.2 Å². The second kappa shape index (κ2) is 6.50. The predicted molar refractivity (Wildman–Crippen MR) is 56.4 cm³/mol. The molecule has 78 valence electrons. The molecule has 0 atom stereocenters. The third kappa shape index (κ3) is 4.34. The van der Waals surface area contributed by atoms with Gasteiger partial charge in [0.1, 0.15) is 5.76 Å². The van der Waals surface area contributed by atoms with Crippen LogP contribution in [0.1, 0.15) is 18.6 Å². The second-order valence-electron chi connectivity index (χ2n) is 2.80. The Kier molecular flexibility index (Phi) is 5.17. The van der Waals surface area contributed by atoms with Crippen molar-refractivity contribution >= 4 is 17.7 Å². The minimum atomic E-state index is -0.108. The third-order valence-corrected chi connectivity index (χ3v) is 2.74. The molecule has 0 aliphatic heterocycles. The van der Waals surface area contributed by atoms with Crippen LogP contribution in [0.15, 0.2) is 22.8 Å². The summed E-state index contributed by atoms with van der Waals surface area (Å²) >= 11 is 1.75. The Labute approximate surface area is 87.2 Å². The van der Waals surface area contributed by atoms with Crippen LogP contribution in [0.2, 0.25) is 0 Å². The first-order chi connectivity index (χ1) is 6.83. The highest BCUT2D eigenvalue weighted by Crippen LogP contribution is 2.13. The fourth-order valence-electron chi connectivity index (χ4n) is 0.974. The van der Waals surface area contributed by atoms with E-state index < -0.39 is 0 Å². The van der Waals surface area contributed by atoms with Crippen LogP contribution in [0.25, 0.3) is 0 Å². The lowest BCUT2D eigenvalue weighted by Crippen LogP contribution is -2.29. The molecule has 0 aliphatic rings. The summed E-state index contributed by atoms with van der Waals surface area (Å²) in [6, 6.07) is 3.82. The van der Waals surface area contributed by atoms with Crippen LogP contribution in [0.3, 0.4) is 0 Å². The summed E-state index contributed by atoms with van der Waals surface area (Å²) in [5.41, 5.74) is 2.10. The highest BCUT2D eigenvalue weighted by molar-refractivity contribution is 7.98. The predicted octanol–water partition coefficient (Wildman–Crippen LogP) is 1.28. The number of thioether (sulfide) groups is 1. The molecule has 4 nitrogen and oxygen atoms in total. The summed E-state index contributed by atoms with van der Waals surface area (Å²) in [4.78, 5) is 10.7. The molecule has 1 aromatic rings. The van der Waals surface area contributed by atoms with Crippen molar-refractivity contribution in [3.8, 4) is 0 Å². The van der Waals surface area contributed by atoms with E-state index in [1.807, 2.05) is 12.1 Å². The van der Waals surface area contributed by atoms with Crippen LogP contribution in [-0.4, -0.2) is 11.7 Å². The van der Waals surface area contributed by atoms with E-state index in [4.69, 9.17) is 10.3 Å². The summed E-state index contributed by atoms with van der Waals surface area (Å²) in [6.07, 6.45) is 2.99. The number of nitrogens with one attached hydrogen (secondary N) is 1. The number of hydrogen-bond donors (Lipinski definition) is 2. The van der Waals surface area contributed by atoms with Crippen molar-refractivity contribution in [2.75, 3.05) is 5.75 Å². The molecule has 0 saturated heterocycles. The summed E-state index contributed by atoms with van der Waals surface area (Å²) in [6.45, 7) is 0. The van der Waals surface area contributed by atoms with Crippen LogP contribution < -0.4 is 11.3 Å². The summed E-state index contributed by atoms with van der Waals surface area (Å²) < 4.78 is 5.16. The SMILES string of the molecule is NNC(=O)CCCSCc1ccco1. The molecule has 0 bridgehead atoms. The summed E-state index contributed by atoms with van der Waals surface area (Å²) in [5, 5.41) is 0. The molecule has 5 heteroatoms. The quantitative estimate of drug-likeness (QED) is 0.324. The molecule has 0 spiro atoms. The van der Waals surface area contributed by atoms with Crippen LogP contribution >= 0.6 is 11.8 Å². The number of amides is 1. The fourth-order valence-corrected chi connectivity index (χ4v) is 1.83. The van der Waals surface area contributed by atoms with Gasteiger partial charge in [-0.25, -0.2) is 5.84 Å². The first-order valence-electron chi connectivity index (χ1n) is 4.42. The van der Waals surface area contributed by atoms with E-state index in [-0.39, 0.29) is 5.91 Å². The van der Waals surface area contributed by atoms with E-state index in [9.17, 15) is 4.79 Å². The average molecular weight is 214 g/mol. The van der Waals surface area contributed by atoms with Gasteiger partial charge in [-0.2, -0.15) is 11.8 Å². The standard InChI is InChI=1S/C9H14N2O2S/c10-11-9(12)4-2-6-14-7-8-3-1-5-13-8/h1,3,5H,2,4,6-7,10H2,(H,11,12). The molecule has 3 N–H and O–H groups in total.